The number of benzene rings is 1. The molecule has 0 radical (unpaired) electrons. The van der Waals surface area contributed by atoms with Gasteiger partial charge in [0.25, 0.3) is 0 Å². The van der Waals surface area contributed by atoms with Crippen molar-refractivity contribution in [3.8, 4) is 6.07 Å². The summed E-state index contributed by atoms with van der Waals surface area (Å²) in [6, 6.07) is 11.0. The summed E-state index contributed by atoms with van der Waals surface area (Å²) in [7, 11) is 0. The Morgan fingerprint density at radius 3 is 2.40 bits per heavy atom. The fourth-order valence-electron chi connectivity index (χ4n) is 5.80. The molecule has 3 amide bonds. The number of carbonyl (C=O) groups is 3. The third kappa shape index (κ3) is 9.58. The van der Waals surface area contributed by atoms with Crippen LogP contribution in [0.5, 0.6) is 0 Å². The Bertz CT molecular complexity index is 1140. The summed E-state index contributed by atoms with van der Waals surface area (Å²) in [5.41, 5.74) is -0.244. The standard InChI is InChI=1S/C31H44N6O6/c1-2-42-29(39)34-28(36-17-19-41-20-18-36)33-26(21-24-9-5-3-6-10-24)27(38)35-31(23-32)13-15-37(16-14-31)30(40)43-22-25-11-7-4-8-12-25/h4,7-8,11-12,24,26H,2-3,5-6,9-10,13-22H2,1H3,(H,35,38)(H,33,34,39). The molecule has 234 valence electrons. The van der Waals surface area contributed by atoms with Gasteiger partial charge in [0.15, 0.2) is 0 Å². The summed E-state index contributed by atoms with van der Waals surface area (Å²) in [6.45, 7) is 4.64. The van der Waals surface area contributed by atoms with Crippen molar-refractivity contribution in [2.24, 2.45) is 10.9 Å². The summed E-state index contributed by atoms with van der Waals surface area (Å²) >= 11 is 0. The van der Waals surface area contributed by atoms with E-state index in [1.807, 2.05) is 35.2 Å². The van der Waals surface area contributed by atoms with Crippen LogP contribution < -0.4 is 10.6 Å². The number of likely N-dealkylation sites (tertiary alicyclic amines) is 1. The van der Waals surface area contributed by atoms with Gasteiger partial charge >= 0.3 is 12.2 Å². The lowest BCUT2D eigenvalue weighted by Crippen LogP contribution is -2.57. The number of carbonyl (C=O) groups excluding carboxylic acids is 3. The molecule has 2 aliphatic heterocycles. The van der Waals surface area contributed by atoms with Gasteiger partial charge in [0, 0.05) is 39.0 Å². The number of alkyl carbamates (subject to hydrolysis) is 1. The van der Waals surface area contributed by atoms with Crippen LogP contribution in [0.4, 0.5) is 9.59 Å². The third-order valence-corrected chi connectivity index (χ3v) is 8.32. The first-order valence-electron chi connectivity index (χ1n) is 15.4. The van der Waals surface area contributed by atoms with Crippen LogP contribution in [0.15, 0.2) is 35.3 Å². The number of ether oxygens (including phenoxy) is 3. The zero-order valence-electron chi connectivity index (χ0n) is 25.1. The van der Waals surface area contributed by atoms with Gasteiger partial charge in [-0.3, -0.25) is 10.1 Å². The first-order chi connectivity index (χ1) is 20.9. The van der Waals surface area contributed by atoms with E-state index < -0.39 is 23.8 Å². The van der Waals surface area contributed by atoms with Gasteiger partial charge in [0.05, 0.1) is 25.9 Å². The van der Waals surface area contributed by atoms with Crippen molar-refractivity contribution in [2.75, 3.05) is 46.0 Å². The molecule has 2 heterocycles. The van der Waals surface area contributed by atoms with E-state index in [4.69, 9.17) is 19.2 Å². The van der Waals surface area contributed by atoms with E-state index in [1.54, 1.807) is 11.8 Å². The number of nitrogens with one attached hydrogen (secondary N) is 2. The van der Waals surface area contributed by atoms with Crippen molar-refractivity contribution in [3.05, 3.63) is 35.9 Å². The lowest BCUT2D eigenvalue weighted by Gasteiger charge is -2.38. The van der Waals surface area contributed by atoms with Gasteiger partial charge in [-0.25, -0.2) is 14.6 Å². The molecular formula is C31H44N6O6. The van der Waals surface area contributed by atoms with E-state index >= 15 is 0 Å². The van der Waals surface area contributed by atoms with Crippen molar-refractivity contribution in [1.29, 1.82) is 5.26 Å². The Morgan fingerprint density at radius 2 is 1.74 bits per heavy atom. The van der Waals surface area contributed by atoms with Crippen LogP contribution in [0.25, 0.3) is 0 Å². The van der Waals surface area contributed by atoms with E-state index in [2.05, 4.69) is 16.7 Å². The van der Waals surface area contributed by atoms with Gasteiger partial charge < -0.3 is 29.3 Å². The molecule has 0 aromatic heterocycles. The number of nitriles is 1. The molecular weight excluding hydrogens is 552 g/mol. The molecule has 1 aromatic rings. The number of rotatable bonds is 8. The van der Waals surface area contributed by atoms with Crippen LogP contribution in [0.3, 0.4) is 0 Å². The lowest BCUT2D eigenvalue weighted by atomic mass is 9.84. The summed E-state index contributed by atoms with van der Waals surface area (Å²) in [4.78, 5) is 47.3. The van der Waals surface area contributed by atoms with E-state index in [0.29, 0.717) is 38.6 Å². The highest BCUT2D eigenvalue weighted by molar-refractivity contribution is 5.96. The van der Waals surface area contributed by atoms with Gasteiger partial charge in [-0.05, 0) is 24.8 Å². The molecule has 1 unspecified atom stereocenters. The molecule has 1 aliphatic carbocycles. The first kappa shape index (κ1) is 32.1. The molecule has 2 saturated heterocycles. The maximum Gasteiger partial charge on any atom is 0.413 e. The number of morpholine rings is 1. The number of amides is 3. The second kappa shape index (κ2) is 16.1. The average Bonchev–Trinajstić information content (AvgIpc) is 3.04. The molecule has 2 N–H and O–H groups in total. The molecule has 43 heavy (non-hydrogen) atoms. The molecule has 1 atom stereocenters. The van der Waals surface area contributed by atoms with Crippen molar-refractivity contribution in [1.82, 2.24) is 20.4 Å². The summed E-state index contributed by atoms with van der Waals surface area (Å²) < 4.78 is 16.0. The maximum absolute atomic E-state index is 13.9. The van der Waals surface area contributed by atoms with Crippen molar-refractivity contribution >= 4 is 24.1 Å². The van der Waals surface area contributed by atoms with Crippen molar-refractivity contribution in [3.63, 3.8) is 0 Å². The maximum atomic E-state index is 13.9. The van der Waals surface area contributed by atoms with Crippen LogP contribution in [0.2, 0.25) is 0 Å². The normalized spacial score (nSPS) is 20.0. The van der Waals surface area contributed by atoms with Crippen LogP contribution >= 0.6 is 0 Å². The molecule has 0 bridgehead atoms. The van der Waals surface area contributed by atoms with Gasteiger partial charge in [-0.2, -0.15) is 5.26 Å². The van der Waals surface area contributed by atoms with Crippen LogP contribution in [0.1, 0.15) is 63.9 Å². The number of piperidine rings is 1. The van der Waals surface area contributed by atoms with E-state index in [9.17, 15) is 19.6 Å². The molecule has 3 fully saturated rings. The van der Waals surface area contributed by atoms with E-state index in [0.717, 1.165) is 31.2 Å². The minimum atomic E-state index is -1.14. The van der Waals surface area contributed by atoms with Gasteiger partial charge in [-0.15, -0.1) is 0 Å². The molecule has 1 saturated carbocycles. The highest BCUT2D eigenvalue weighted by Crippen LogP contribution is 2.29. The Morgan fingerprint density at radius 1 is 1.05 bits per heavy atom. The van der Waals surface area contributed by atoms with Crippen molar-refractivity contribution in [2.45, 2.75) is 76.5 Å². The quantitative estimate of drug-likeness (QED) is 0.342. The number of nitrogens with zero attached hydrogens (tertiary/aromatic N) is 4. The summed E-state index contributed by atoms with van der Waals surface area (Å²) in [5.74, 6) is 0.240. The molecule has 12 heteroatoms. The van der Waals surface area contributed by atoms with Crippen molar-refractivity contribution < 1.29 is 28.6 Å². The number of guanidine groups is 1. The Kier molecular flexibility index (Phi) is 12.0. The summed E-state index contributed by atoms with van der Waals surface area (Å²) in [5, 5.41) is 15.9. The molecule has 12 nitrogen and oxygen atoms in total. The number of aliphatic imine (C=N–C) groups is 1. The van der Waals surface area contributed by atoms with Crippen LogP contribution in [0, 0.1) is 17.2 Å². The Labute approximate surface area is 253 Å². The SMILES string of the molecule is CCOC(=O)NC(=NC(CC1CCCCC1)C(=O)NC1(C#N)CCN(C(=O)OCc2ccccc2)CC1)N1CCOCC1. The highest BCUT2D eigenvalue weighted by atomic mass is 16.6. The minimum Gasteiger partial charge on any atom is -0.450 e. The predicted octanol–water partition coefficient (Wildman–Crippen LogP) is 3.57. The second-order valence-corrected chi connectivity index (χ2v) is 11.4. The topological polar surface area (TPSA) is 146 Å². The minimum absolute atomic E-state index is 0.169. The second-order valence-electron chi connectivity index (χ2n) is 11.4. The molecule has 4 rings (SSSR count). The number of hydrogen-bond acceptors (Lipinski definition) is 8. The lowest BCUT2D eigenvalue weighted by molar-refractivity contribution is -0.124. The zero-order chi connectivity index (χ0) is 30.5. The van der Waals surface area contributed by atoms with Gasteiger partial charge in [-0.1, -0.05) is 62.4 Å². The van der Waals surface area contributed by atoms with E-state index in [-0.39, 0.29) is 51.0 Å². The van der Waals surface area contributed by atoms with Crippen LogP contribution in [-0.4, -0.2) is 91.4 Å². The average molecular weight is 597 g/mol. The molecule has 0 spiro atoms. The van der Waals surface area contributed by atoms with Gasteiger partial charge in [0.2, 0.25) is 11.9 Å². The number of hydrogen-bond donors (Lipinski definition) is 2. The fraction of sp³-hybridized carbons (Fsp3) is 0.645. The molecule has 3 aliphatic rings. The third-order valence-electron chi connectivity index (χ3n) is 8.32. The Balaban J connectivity index is 1.45. The smallest absolute Gasteiger partial charge is 0.413 e. The first-order valence-corrected chi connectivity index (χ1v) is 15.4. The van der Waals surface area contributed by atoms with Crippen LogP contribution in [-0.2, 0) is 25.6 Å². The fourth-order valence-corrected chi connectivity index (χ4v) is 5.80. The largest absolute Gasteiger partial charge is 0.450 e. The Hall–Kier alpha value is -3.85. The summed E-state index contributed by atoms with van der Waals surface area (Å²) in [6.07, 6.45) is 5.41. The van der Waals surface area contributed by atoms with Gasteiger partial charge in [0.1, 0.15) is 18.2 Å². The molecule has 1 aromatic carbocycles. The highest BCUT2D eigenvalue weighted by Gasteiger charge is 2.40. The monoisotopic (exact) mass is 596 g/mol. The van der Waals surface area contributed by atoms with E-state index in [1.165, 1.54) is 6.42 Å². The zero-order valence-corrected chi connectivity index (χ0v) is 25.1. The predicted molar refractivity (Wildman–Crippen MR) is 159 cm³/mol.